The van der Waals surface area contributed by atoms with Crippen molar-refractivity contribution < 1.29 is 4.79 Å². The minimum atomic E-state index is -0.107. The molecule has 0 saturated carbocycles. The van der Waals surface area contributed by atoms with Crippen molar-refractivity contribution in [2.24, 2.45) is 0 Å². The van der Waals surface area contributed by atoms with Gasteiger partial charge in [0.2, 0.25) is 0 Å². The summed E-state index contributed by atoms with van der Waals surface area (Å²) in [7, 11) is 0. The molecule has 2 aromatic rings. The Morgan fingerprint density at radius 1 is 1.17 bits per heavy atom. The summed E-state index contributed by atoms with van der Waals surface area (Å²) in [4.78, 5) is 19.0. The SMILES string of the molecule is Cc1ccc(C2CCN(C(=O)c3cnn(C(C)(C)C)c3)CC2)cn1. The van der Waals surface area contributed by atoms with Crippen molar-refractivity contribution in [2.45, 2.75) is 52.0 Å². The van der Waals surface area contributed by atoms with Crippen LogP contribution in [0.5, 0.6) is 0 Å². The number of aromatic nitrogens is 3. The Balaban J connectivity index is 1.63. The van der Waals surface area contributed by atoms with Crippen LogP contribution in [0.2, 0.25) is 0 Å². The van der Waals surface area contributed by atoms with Gasteiger partial charge in [-0.25, -0.2) is 0 Å². The fraction of sp³-hybridized carbons (Fsp3) is 0.526. The minimum absolute atomic E-state index is 0.0889. The van der Waals surface area contributed by atoms with E-state index < -0.39 is 0 Å². The van der Waals surface area contributed by atoms with Crippen molar-refractivity contribution in [3.05, 3.63) is 47.5 Å². The first-order valence-electron chi connectivity index (χ1n) is 8.61. The van der Waals surface area contributed by atoms with Gasteiger partial charge in [0, 0.05) is 31.2 Å². The molecule has 0 spiro atoms. The summed E-state index contributed by atoms with van der Waals surface area (Å²) in [6.07, 6.45) is 7.50. The van der Waals surface area contributed by atoms with Crippen LogP contribution in [0, 0.1) is 6.92 Å². The molecule has 24 heavy (non-hydrogen) atoms. The Hall–Kier alpha value is -2.17. The quantitative estimate of drug-likeness (QED) is 0.850. The summed E-state index contributed by atoms with van der Waals surface area (Å²) >= 11 is 0. The number of rotatable bonds is 2. The predicted octanol–water partition coefficient (Wildman–Crippen LogP) is 3.36. The number of nitrogens with zero attached hydrogens (tertiary/aromatic N) is 4. The average Bonchev–Trinajstić information content (AvgIpc) is 3.05. The Morgan fingerprint density at radius 3 is 2.42 bits per heavy atom. The molecule has 3 heterocycles. The van der Waals surface area contributed by atoms with E-state index in [1.165, 1.54) is 5.56 Å². The maximum Gasteiger partial charge on any atom is 0.257 e. The van der Waals surface area contributed by atoms with Crippen LogP contribution >= 0.6 is 0 Å². The van der Waals surface area contributed by atoms with Crippen LogP contribution in [0.25, 0.3) is 0 Å². The zero-order valence-corrected chi connectivity index (χ0v) is 15.0. The number of piperidine rings is 1. The first-order valence-corrected chi connectivity index (χ1v) is 8.61. The number of carbonyl (C=O) groups excluding carboxylic acids is 1. The van der Waals surface area contributed by atoms with Crippen LogP contribution < -0.4 is 0 Å². The smallest absolute Gasteiger partial charge is 0.257 e. The van der Waals surface area contributed by atoms with Gasteiger partial charge in [-0.3, -0.25) is 14.5 Å². The van der Waals surface area contributed by atoms with Gasteiger partial charge in [0.1, 0.15) is 0 Å². The third kappa shape index (κ3) is 3.50. The predicted molar refractivity (Wildman–Crippen MR) is 94.1 cm³/mol. The molecule has 0 N–H and O–H groups in total. The van der Waals surface area contributed by atoms with Gasteiger partial charge >= 0.3 is 0 Å². The summed E-state index contributed by atoms with van der Waals surface area (Å²) in [5.41, 5.74) is 2.90. The Kier molecular flexibility index (Phi) is 4.43. The van der Waals surface area contributed by atoms with E-state index in [-0.39, 0.29) is 11.4 Å². The van der Waals surface area contributed by atoms with E-state index >= 15 is 0 Å². The number of hydrogen-bond donors (Lipinski definition) is 0. The summed E-state index contributed by atoms with van der Waals surface area (Å²) in [6.45, 7) is 9.82. The van der Waals surface area contributed by atoms with E-state index in [1.54, 1.807) is 6.20 Å². The number of hydrogen-bond acceptors (Lipinski definition) is 3. The lowest BCUT2D eigenvalue weighted by molar-refractivity contribution is 0.0712. The lowest BCUT2D eigenvalue weighted by atomic mass is 9.90. The summed E-state index contributed by atoms with van der Waals surface area (Å²) < 4.78 is 1.85. The Morgan fingerprint density at radius 2 is 1.88 bits per heavy atom. The van der Waals surface area contributed by atoms with Crippen LogP contribution in [0.4, 0.5) is 0 Å². The van der Waals surface area contributed by atoms with Crippen molar-refractivity contribution in [2.75, 3.05) is 13.1 Å². The summed E-state index contributed by atoms with van der Waals surface area (Å²) in [5.74, 6) is 0.588. The van der Waals surface area contributed by atoms with Gasteiger partial charge in [-0.05, 0) is 58.1 Å². The maximum atomic E-state index is 12.7. The monoisotopic (exact) mass is 326 g/mol. The van der Waals surface area contributed by atoms with Crippen molar-refractivity contribution in [3.63, 3.8) is 0 Å². The van der Waals surface area contributed by atoms with Crippen LogP contribution in [0.1, 0.15) is 61.1 Å². The van der Waals surface area contributed by atoms with Gasteiger partial charge in [-0.1, -0.05) is 6.07 Å². The number of amides is 1. The topological polar surface area (TPSA) is 51.0 Å². The molecule has 5 nitrogen and oxygen atoms in total. The van der Waals surface area contributed by atoms with Crippen molar-refractivity contribution in [3.8, 4) is 0 Å². The highest BCUT2D eigenvalue weighted by Crippen LogP contribution is 2.28. The molecule has 1 amide bonds. The van der Waals surface area contributed by atoms with Crippen molar-refractivity contribution in [1.82, 2.24) is 19.7 Å². The van der Waals surface area contributed by atoms with Crippen molar-refractivity contribution >= 4 is 5.91 Å². The van der Waals surface area contributed by atoms with Gasteiger partial charge in [-0.15, -0.1) is 0 Å². The van der Waals surface area contributed by atoms with Gasteiger partial charge in [-0.2, -0.15) is 5.10 Å². The first kappa shape index (κ1) is 16.7. The molecule has 0 radical (unpaired) electrons. The third-order valence-electron chi connectivity index (χ3n) is 4.70. The molecular formula is C19H26N4O. The van der Waals surface area contributed by atoms with E-state index in [9.17, 15) is 4.79 Å². The van der Waals surface area contributed by atoms with Gasteiger partial charge < -0.3 is 4.90 Å². The largest absolute Gasteiger partial charge is 0.339 e. The average molecular weight is 326 g/mol. The second-order valence-electron chi connectivity index (χ2n) is 7.64. The fourth-order valence-corrected chi connectivity index (χ4v) is 3.12. The zero-order chi connectivity index (χ0) is 17.3. The molecular weight excluding hydrogens is 300 g/mol. The maximum absolute atomic E-state index is 12.7. The number of carbonyl (C=O) groups is 1. The molecule has 5 heteroatoms. The Bertz CT molecular complexity index is 704. The van der Waals surface area contributed by atoms with Gasteiger partial charge in [0.15, 0.2) is 0 Å². The van der Waals surface area contributed by atoms with E-state index in [1.807, 2.05) is 28.9 Å². The number of pyridine rings is 1. The van der Waals surface area contributed by atoms with Crippen LogP contribution in [0.15, 0.2) is 30.7 Å². The van der Waals surface area contributed by atoms with Gasteiger partial charge in [0.25, 0.3) is 5.91 Å². The molecule has 0 aromatic carbocycles. The molecule has 1 aliphatic heterocycles. The van der Waals surface area contributed by atoms with E-state index in [0.29, 0.717) is 11.5 Å². The Labute approximate surface area is 143 Å². The second-order valence-corrected chi connectivity index (χ2v) is 7.64. The lowest BCUT2D eigenvalue weighted by Gasteiger charge is -2.32. The lowest BCUT2D eigenvalue weighted by Crippen LogP contribution is -2.37. The van der Waals surface area contributed by atoms with E-state index in [4.69, 9.17) is 0 Å². The highest BCUT2D eigenvalue weighted by atomic mass is 16.2. The fourth-order valence-electron chi connectivity index (χ4n) is 3.12. The van der Waals surface area contributed by atoms with Crippen LogP contribution in [0.3, 0.4) is 0 Å². The summed E-state index contributed by atoms with van der Waals surface area (Å²) in [6, 6.07) is 4.23. The number of likely N-dealkylation sites (tertiary alicyclic amines) is 1. The van der Waals surface area contributed by atoms with E-state index in [0.717, 1.165) is 31.6 Å². The molecule has 0 atom stereocenters. The number of aryl methyl sites for hydroxylation is 1. The molecule has 0 aliphatic carbocycles. The van der Waals surface area contributed by atoms with Crippen molar-refractivity contribution in [1.29, 1.82) is 0 Å². The molecule has 2 aromatic heterocycles. The minimum Gasteiger partial charge on any atom is -0.339 e. The molecule has 0 unspecified atom stereocenters. The van der Waals surface area contributed by atoms with E-state index in [2.05, 4.69) is 43.0 Å². The molecule has 0 bridgehead atoms. The highest BCUT2D eigenvalue weighted by Gasteiger charge is 2.26. The third-order valence-corrected chi connectivity index (χ3v) is 4.70. The van der Waals surface area contributed by atoms with Crippen LogP contribution in [-0.4, -0.2) is 38.7 Å². The van der Waals surface area contributed by atoms with Gasteiger partial charge in [0.05, 0.1) is 17.3 Å². The normalized spacial score (nSPS) is 16.4. The zero-order valence-electron chi connectivity index (χ0n) is 15.0. The molecule has 1 saturated heterocycles. The molecule has 3 rings (SSSR count). The van der Waals surface area contributed by atoms with Crippen LogP contribution in [-0.2, 0) is 5.54 Å². The second kappa shape index (κ2) is 6.38. The summed E-state index contributed by atoms with van der Waals surface area (Å²) in [5, 5.41) is 4.34. The first-order chi connectivity index (χ1) is 11.3. The highest BCUT2D eigenvalue weighted by molar-refractivity contribution is 5.93. The molecule has 1 aliphatic rings. The molecule has 128 valence electrons. The molecule has 1 fully saturated rings. The standard InChI is InChI=1S/C19H26N4O/c1-14-5-6-16(11-20-14)15-7-9-22(10-8-15)18(24)17-12-21-23(13-17)19(2,3)4/h5-6,11-13,15H,7-10H2,1-4H3.